The molecule has 1 aliphatic heterocycles. The van der Waals surface area contributed by atoms with Gasteiger partial charge in [-0.2, -0.15) is 0 Å². The fourth-order valence-electron chi connectivity index (χ4n) is 2.48. The first-order valence-electron chi connectivity index (χ1n) is 6.55. The summed E-state index contributed by atoms with van der Waals surface area (Å²) >= 11 is 0. The zero-order valence-corrected chi connectivity index (χ0v) is 12.4. The van der Waals surface area contributed by atoms with Crippen LogP contribution in [0.4, 0.5) is 0 Å². The van der Waals surface area contributed by atoms with Gasteiger partial charge in [-0.3, -0.25) is 9.59 Å². The monoisotopic (exact) mass is 298 g/mol. The Labute approximate surface area is 117 Å². The predicted octanol–water partition coefficient (Wildman–Crippen LogP) is 0.333. The number of hydrogen-bond acceptors (Lipinski definition) is 4. The Kier molecular flexibility index (Phi) is 3.99. The van der Waals surface area contributed by atoms with Crippen molar-refractivity contribution in [2.24, 2.45) is 0 Å². The number of sulfone groups is 1. The van der Waals surface area contributed by atoms with Crippen LogP contribution >= 0.6 is 0 Å². The summed E-state index contributed by atoms with van der Waals surface area (Å²) < 4.78 is 23.1. The van der Waals surface area contributed by atoms with Gasteiger partial charge in [0, 0.05) is 30.5 Å². The van der Waals surface area contributed by atoms with Crippen LogP contribution in [0.2, 0.25) is 0 Å². The van der Waals surface area contributed by atoms with E-state index in [1.165, 1.54) is 17.2 Å². The van der Waals surface area contributed by atoms with E-state index in [1.807, 2.05) is 0 Å². The van der Waals surface area contributed by atoms with Gasteiger partial charge in [0.1, 0.15) is 5.56 Å². The lowest BCUT2D eigenvalue weighted by atomic mass is 10.1. The number of H-pyrrole nitrogens is 1. The first-order chi connectivity index (χ1) is 9.34. The summed E-state index contributed by atoms with van der Waals surface area (Å²) in [5.74, 6) is -0.321. The van der Waals surface area contributed by atoms with Gasteiger partial charge in [0.05, 0.1) is 11.5 Å². The summed E-state index contributed by atoms with van der Waals surface area (Å²) in [6.07, 6.45) is 1.83. The molecule has 0 radical (unpaired) electrons. The fourth-order valence-corrected chi connectivity index (χ4v) is 4.21. The Morgan fingerprint density at radius 2 is 2.20 bits per heavy atom. The summed E-state index contributed by atoms with van der Waals surface area (Å²) in [4.78, 5) is 28.6. The lowest BCUT2D eigenvalue weighted by Crippen LogP contribution is -2.42. The van der Waals surface area contributed by atoms with Crippen molar-refractivity contribution in [3.05, 3.63) is 33.7 Å². The average Bonchev–Trinajstić information content (AvgIpc) is 2.70. The second-order valence-electron chi connectivity index (χ2n) is 5.04. The van der Waals surface area contributed by atoms with Gasteiger partial charge in [-0.1, -0.05) is 0 Å². The molecule has 1 aromatic rings. The maximum atomic E-state index is 12.4. The highest BCUT2D eigenvalue weighted by Gasteiger charge is 2.34. The molecule has 110 valence electrons. The van der Waals surface area contributed by atoms with Crippen molar-refractivity contribution in [3.63, 3.8) is 0 Å². The number of aromatic amines is 1. The van der Waals surface area contributed by atoms with E-state index in [0.717, 1.165) is 0 Å². The zero-order valence-electron chi connectivity index (χ0n) is 11.5. The molecule has 0 saturated carbocycles. The topological polar surface area (TPSA) is 87.3 Å². The molecule has 2 heterocycles. The highest BCUT2D eigenvalue weighted by molar-refractivity contribution is 7.91. The number of nitrogens with one attached hydrogen (secondary N) is 1. The van der Waals surface area contributed by atoms with Crippen molar-refractivity contribution in [2.45, 2.75) is 26.3 Å². The Morgan fingerprint density at radius 3 is 2.70 bits per heavy atom. The lowest BCUT2D eigenvalue weighted by Gasteiger charge is -2.26. The molecule has 7 heteroatoms. The van der Waals surface area contributed by atoms with E-state index in [0.29, 0.717) is 18.7 Å². The highest BCUT2D eigenvalue weighted by Crippen LogP contribution is 2.19. The predicted molar refractivity (Wildman–Crippen MR) is 75.6 cm³/mol. The van der Waals surface area contributed by atoms with Crippen LogP contribution in [0.5, 0.6) is 0 Å². The van der Waals surface area contributed by atoms with Crippen LogP contribution in [0, 0.1) is 6.92 Å². The molecule has 1 N–H and O–H groups in total. The van der Waals surface area contributed by atoms with Crippen molar-refractivity contribution in [3.8, 4) is 0 Å². The third kappa shape index (κ3) is 2.92. The fraction of sp³-hybridized carbons (Fsp3) is 0.538. The summed E-state index contributed by atoms with van der Waals surface area (Å²) in [6, 6.07) is 1.03. The minimum absolute atomic E-state index is 0.0175. The van der Waals surface area contributed by atoms with Crippen LogP contribution in [0.25, 0.3) is 0 Å². The van der Waals surface area contributed by atoms with E-state index in [-0.39, 0.29) is 28.5 Å². The van der Waals surface area contributed by atoms with Gasteiger partial charge in [-0.05, 0) is 20.3 Å². The van der Waals surface area contributed by atoms with Gasteiger partial charge in [0.25, 0.3) is 5.91 Å². The average molecular weight is 298 g/mol. The molecule has 6 nitrogen and oxygen atoms in total. The van der Waals surface area contributed by atoms with Crippen molar-refractivity contribution in [2.75, 3.05) is 18.1 Å². The molecule has 0 aliphatic carbocycles. The van der Waals surface area contributed by atoms with E-state index in [9.17, 15) is 18.0 Å². The maximum absolute atomic E-state index is 12.4. The van der Waals surface area contributed by atoms with Crippen molar-refractivity contribution in [1.82, 2.24) is 9.88 Å². The molecule has 0 bridgehead atoms. The number of nitrogens with zero attached hydrogens (tertiary/aromatic N) is 1. The molecular weight excluding hydrogens is 280 g/mol. The van der Waals surface area contributed by atoms with Crippen LogP contribution in [0.15, 0.2) is 17.1 Å². The van der Waals surface area contributed by atoms with Gasteiger partial charge >= 0.3 is 0 Å². The first kappa shape index (κ1) is 14.8. The lowest BCUT2D eigenvalue weighted by molar-refractivity contribution is 0.0706. The van der Waals surface area contributed by atoms with Crippen molar-refractivity contribution in [1.29, 1.82) is 0 Å². The van der Waals surface area contributed by atoms with Gasteiger partial charge in [-0.25, -0.2) is 8.42 Å². The standard InChI is InChI=1S/C13H18N2O4S/c1-3-15(10-4-5-20(18,19)8-10)13(17)11-7-14-9(2)6-12(11)16/h6-7,10H,3-5,8H2,1-2H3,(H,14,16). The number of amides is 1. The van der Waals surface area contributed by atoms with Crippen LogP contribution in [-0.4, -0.2) is 48.3 Å². The van der Waals surface area contributed by atoms with Gasteiger partial charge in [0.2, 0.25) is 0 Å². The number of carbonyl (C=O) groups excluding carboxylic acids is 1. The second kappa shape index (κ2) is 5.40. The number of aryl methyl sites for hydroxylation is 1. The number of carbonyl (C=O) groups is 1. The summed E-state index contributed by atoms with van der Waals surface area (Å²) in [6.45, 7) is 3.90. The normalized spacial score (nSPS) is 20.8. The van der Waals surface area contributed by atoms with Gasteiger partial charge < -0.3 is 9.88 Å². The summed E-state index contributed by atoms with van der Waals surface area (Å²) in [5, 5.41) is 0. The van der Waals surface area contributed by atoms with Gasteiger partial charge in [0.15, 0.2) is 15.3 Å². The van der Waals surface area contributed by atoms with E-state index in [2.05, 4.69) is 4.98 Å². The number of hydrogen-bond donors (Lipinski definition) is 1. The number of pyridine rings is 1. The SMILES string of the molecule is CCN(C(=O)c1c[nH]c(C)cc1=O)C1CCS(=O)(=O)C1. The van der Waals surface area contributed by atoms with Gasteiger partial charge in [-0.15, -0.1) is 0 Å². The van der Waals surface area contributed by atoms with E-state index in [4.69, 9.17) is 0 Å². The maximum Gasteiger partial charge on any atom is 0.259 e. The molecule has 2 rings (SSSR count). The minimum Gasteiger partial charge on any atom is -0.364 e. The third-order valence-electron chi connectivity index (χ3n) is 3.54. The van der Waals surface area contributed by atoms with Crippen LogP contribution in [-0.2, 0) is 9.84 Å². The van der Waals surface area contributed by atoms with Crippen LogP contribution < -0.4 is 5.43 Å². The van der Waals surface area contributed by atoms with E-state index >= 15 is 0 Å². The molecule has 1 amide bonds. The Balaban J connectivity index is 2.28. The summed E-state index contributed by atoms with van der Waals surface area (Å²) in [5.41, 5.74) is 0.394. The number of rotatable bonds is 3. The van der Waals surface area contributed by atoms with E-state index < -0.39 is 15.7 Å². The highest BCUT2D eigenvalue weighted by atomic mass is 32.2. The van der Waals surface area contributed by atoms with Crippen molar-refractivity contribution < 1.29 is 13.2 Å². The second-order valence-corrected chi connectivity index (χ2v) is 7.27. The molecule has 20 heavy (non-hydrogen) atoms. The largest absolute Gasteiger partial charge is 0.364 e. The Hall–Kier alpha value is -1.63. The first-order valence-corrected chi connectivity index (χ1v) is 8.37. The molecular formula is C13H18N2O4S. The minimum atomic E-state index is -3.06. The van der Waals surface area contributed by atoms with Crippen molar-refractivity contribution >= 4 is 15.7 Å². The van der Waals surface area contributed by atoms with Crippen LogP contribution in [0.1, 0.15) is 29.4 Å². The van der Waals surface area contributed by atoms with E-state index in [1.54, 1.807) is 13.8 Å². The van der Waals surface area contributed by atoms with Crippen LogP contribution in [0.3, 0.4) is 0 Å². The molecule has 0 aromatic carbocycles. The molecule has 1 unspecified atom stereocenters. The summed E-state index contributed by atoms with van der Waals surface area (Å²) in [7, 11) is -3.06. The third-order valence-corrected chi connectivity index (χ3v) is 5.29. The molecule has 1 aliphatic rings. The molecule has 1 saturated heterocycles. The molecule has 1 fully saturated rings. The quantitative estimate of drug-likeness (QED) is 0.871. The number of aromatic nitrogens is 1. The Bertz CT molecular complexity index is 678. The molecule has 1 atom stereocenters. The Morgan fingerprint density at radius 1 is 1.50 bits per heavy atom. The zero-order chi connectivity index (χ0) is 14.9. The molecule has 1 aromatic heterocycles. The smallest absolute Gasteiger partial charge is 0.259 e. The molecule has 0 spiro atoms.